The minimum absolute atomic E-state index is 0.234. The SMILES string of the molecule is CC(C)Nc1cncc(-c2cnc3cnc(NC(=O)c4ccnc(N5CCN(C)CC5)c4)cc3c2)n1. The number of carbonyl (C=O) groups excluding carboxylic acids is 1. The fourth-order valence-electron chi connectivity index (χ4n) is 4.07. The van der Waals surface area contributed by atoms with Crippen LogP contribution >= 0.6 is 0 Å². The highest BCUT2D eigenvalue weighted by molar-refractivity contribution is 6.04. The Labute approximate surface area is 209 Å². The van der Waals surface area contributed by atoms with E-state index >= 15 is 0 Å². The third kappa shape index (κ3) is 5.38. The number of nitrogens with one attached hydrogen (secondary N) is 2. The molecule has 1 aliphatic rings. The topological polar surface area (TPSA) is 112 Å². The highest BCUT2D eigenvalue weighted by atomic mass is 16.1. The van der Waals surface area contributed by atoms with Crippen LogP contribution in [0.1, 0.15) is 24.2 Å². The van der Waals surface area contributed by atoms with Gasteiger partial charge in [-0.1, -0.05) is 0 Å². The summed E-state index contributed by atoms with van der Waals surface area (Å²) in [4.78, 5) is 39.8. The van der Waals surface area contributed by atoms with Gasteiger partial charge in [-0.15, -0.1) is 0 Å². The minimum Gasteiger partial charge on any atom is -0.367 e. The molecule has 184 valence electrons. The van der Waals surface area contributed by atoms with Crippen molar-refractivity contribution in [3.63, 3.8) is 0 Å². The number of aromatic nitrogens is 5. The third-order valence-electron chi connectivity index (χ3n) is 6.01. The van der Waals surface area contributed by atoms with Crippen molar-refractivity contribution in [3.05, 3.63) is 60.8 Å². The van der Waals surface area contributed by atoms with Gasteiger partial charge in [-0.2, -0.15) is 0 Å². The number of amides is 1. The van der Waals surface area contributed by atoms with Gasteiger partial charge in [0.15, 0.2) is 0 Å². The molecule has 0 radical (unpaired) electrons. The lowest BCUT2D eigenvalue weighted by Gasteiger charge is -2.33. The summed E-state index contributed by atoms with van der Waals surface area (Å²) in [6, 6.07) is 7.58. The van der Waals surface area contributed by atoms with E-state index in [1.807, 2.05) is 32.0 Å². The largest absolute Gasteiger partial charge is 0.367 e. The van der Waals surface area contributed by atoms with E-state index in [4.69, 9.17) is 0 Å². The molecule has 0 spiro atoms. The number of anilines is 3. The first-order valence-electron chi connectivity index (χ1n) is 12.0. The Hall–Kier alpha value is -4.18. The summed E-state index contributed by atoms with van der Waals surface area (Å²) in [6.07, 6.45) is 8.49. The van der Waals surface area contributed by atoms with Gasteiger partial charge >= 0.3 is 0 Å². The van der Waals surface area contributed by atoms with Gasteiger partial charge in [-0.3, -0.25) is 14.8 Å². The molecule has 1 fully saturated rings. The van der Waals surface area contributed by atoms with Gasteiger partial charge in [-0.25, -0.2) is 15.0 Å². The molecule has 1 amide bonds. The highest BCUT2D eigenvalue weighted by Gasteiger charge is 2.17. The monoisotopic (exact) mass is 483 g/mol. The summed E-state index contributed by atoms with van der Waals surface area (Å²) < 4.78 is 0. The standard InChI is InChI=1S/C26H29N9O/c1-17(2)31-24-16-27-14-22(32-24)20-10-19-11-23(30-15-21(19)29-13-20)33-26(36)18-4-5-28-25(12-18)35-8-6-34(3)7-9-35/h4-5,10-17H,6-9H2,1-3H3,(H,31,32)(H,30,33,36). The van der Waals surface area contributed by atoms with Crippen molar-refractivity contribution in [1.82, 2.24) is 29.8 Å². The summed E-state index contributed by atoms with van der Waals surface area (Å²) >= 11 is 0. The maximum Gasteiger partial charge on any atom is 0.257 e. The van der Waals surface area contributed by atoms with E-state index in [-0.39, 0.29) is 11.9 Å². The summed E-state index contributed by atoms with van der Waals surface area (Å²) in [7, 11) is 2.11. The number of hydrogen-bond acceptors (Lipinski definition) is 9. The van der Waals surface area contributed by atoms with Crippen molar-refractivity contribution in [3.8, 4) is 11.3 Å². The van der Waals surface area contributed by atoms with E-state index < -0.39 is 0 Å². The molecule has 4 aromatic rings. The lowest BCUT2D eigenvalue weighted by Crippen LogP contribution is -2.44. The second-order valence-corrected chi connectivity index (χ2v) is 9.22. The maximum absolute atomic E-state index is 13.0. The fraction of sp³-hybridized carbons (Fsp3) is 0.308. The van der Waals surface area contributed by atoms with E-state index in [0.29, 0.717) is 22.9 Å². The van der Waals surface area contributed by atoms with Gasteiger partial charge in [0.2, 0.25) is 0 Å². The summed E-state index contributed by atoms with van der Waals surface area (Å²) in [5.74, 6) is 1.73. The molecular weight excluding hydrogens is 454 g/mol. The molecule has 0 atom stereocenters. The molecule has 36 heavy (non-hydrogen) atoms. The molecule has 1 saturated heterocycles. The normalized spacial score (nSPS) is 14.3. The number of nitrogens with zero attached hydrogens (tertiary/aromatic N) is 7. The van der Waals surface area contributed by atoms with Gasteiger partial charge in [-0.05, 0) is 45.2 Å². The number of hydrogen-bond donors (Lipinski definition) is 2. The van der Waals surface area contributed by atoms with Crippen molar-refractivity contribution < 1.29 is 4.79 Å². The Morgan fingerprint density at radius 1 is 0.944 bits per heavy atom. The molecule has 5 rings (SSSR count). The summed E-state index contributed by atoms with van der Waals surface area (Å²) in [6.45, 7) is 7.81. The van der Waals surface area contributed by atoms with E-state index in [0.717, 1.165) is 48.5 Å². The first-order chi connectivity index (χ1) is 17.4. The second kappa shape index (κ2) is 10.2. The van der Waals surface area contributed by atoms with Crippen LogP contribution in [0.3, 0.4) is 0 Å². The number of carbonyl (C=O) groups is 1. The molecule has 0 bridgehead atoms. The van der Waals surface area contributed by atoms with Gasteiger partial charge in [0.1, 0.15) is 17.5 Å². The van der Waals surface area contributed by atoms with Gasteiger partial charge in [0.05, 0.1) is 29.8 Å². The zero-order chi connectivity index (χ0) is 25.1. The van der Waals surface area contributed by atoms with Gasteiger partial charge in [0.25, 0.3) is 5.91 Å². The molecule has 10 nitrogen and oxygen atoms in total. The zero-order valence-electron chi connectivity index (χ0n) is 20.6. The summed E-state index contributed by atoms with van der Waals surface area (Å²) in [5.41, 5.74) is 2.81. The quantitative estimate of drug-likeness (QED) is 0.426. The van der Waals surface area contributed by atoms with Crippen LogP contribution in [0.15, 0.2) is 55.2 Å². The predicted molar refractivity (Wildman–Crippen MR) is 141 cm³/mol. The average molecular weight is 484 g/mol. The lowest BCUT2D eigenvalue weighted by atomic mass is 10.1. The Morgan fingerprint density at radius 2 is 1.78 bits per heavy atom. The lowest BCUT2D eigenvalue weighted by molar-refractivity contribution is 0.102. The van der Waals surface area contributed by atoms with Crippen LogP contribution in [0.25, 0.3) is 22.2 Å². The van der Waals surface area contributed by atoms with Crippen LogP contribution in [-0.2, 0) is 0 Å². The average Bonchev–Trinajstić information content (AvgIpc) is 2.88. The first kappa shape index (κ1) is 23.6. The molecule has 5 heterocycles. The smallest absolute Gasteiger partial charge is 0.257 e. The minimum atomic E-state index is -0.234. The van der Waals surface area contributed by atoms with Gasteiger partial charge in [0, 0.05) is 61.1 Å². The van der Waals surface area contributed by atoms with Crippen molar-refractivity contribution >= 4 is 34.3 Å². The van der Waals surface area contributed by atoms with E-state index in [1.165, 1.54) is 0 Å². The molecule has 1 aliphatic heterocycles. The van der Waals surface area contributed by atoms with Crippen LogP contribution in [-0.4, -0.2) is 75.0 Å². The van der Waals surface area contributed by atoms with E-state index in [9.17, 15) is 4.79 Å². The third-order valence-corrected chi connectivity index (χ3v) is 6.01. The van der Waals surface area contributed by atoms with Crippen LogP contribution in [0, 0.1) is 0 Å². The molecular formula is C26H29N9O. The summed E-state index contributed by atoms with van der Waals surface area (Å²) in [5, 5.41) is 7.01. The first-order valence-corrected chi connectivity index (χ1v) is 12.0. The zero-order valence-corrected chi connectivity index (χ0v) is 20.6. The Balaban J connectivity index is 1.35. The van der Waals surface area contributed by atoms with Crippen LogP contribution in [0.2, 0.25) is 0 Å². The molecule has 0 aliphatic carbocycles. The van der Waals surface area contributed by atoms with Crippen LogP contribution in [0.5, 0.6) is 0 Å². The van der Waals surface area contributed by atoms with Crippen molar-refractivity contribution in [1.29, 1.82) is 0 Å². The van der Waals surface area contributed by atoms with Crippen molar-refractivity contribution in [2.75, 3.05) is 48.8 Å². The van der Waals surface area contributed by atoms with Crippen molar-refractivity contribution in [2.24, 2.45) is 0 Å². The Morgan fingerprint density at radius 3 is 2.58 bits per heavy atom. The number of fused-ring (bicyclic) bond motifs is 1. The number of likely N-dealkylation sites (N-methyl/N-ethyl adjacent to an activating group) is 1. The second-order valence-electron chi connectivity index (χ2n) is 9.22. The molecule has 0 aromatic carbocycles. The molecule has 10 heteroatoms. The number of piperazine rings is 1. The molecule has 0 saturated carbocycles. The Bertz CT molecular complexity index is 1380. The molecule has 0 unspecified atom stereocenters. The maximum atomic E-state index is 13.0. The molecule has 2 N–H and O–H groups in total. The van der Waals surface area contributed by atoms with E-state index in [2.05, 4.69) is 52.4 Å². The highest BCUT2D eigenvalue weighted by Crippen LogP contribution is 2.23. The number of pyridine rings is 3. The molecule has 4 aromatic heterocycles. The number of rotatable bonds is 6. The predicted octanol–water partition coefficient (Wildman–Crippen LogP) is 3.31. The van der Waals surface area contributed by atoms with Crippen molar-refractivity contribution in [2.45, 2.75) is 19.9 Å². The van der Waals surface area contributed by atoms with E-state index in [1.54, 1.807) is 37.1 Å². The Kier molecular flexibility index (Phi) is 6.68. The van der Waals surface area contributed by atoms with Crippen LogP contribution < -0.4 is 15.5 Å². The van der Waals surface area contributed by atoms with Crippen LogP contribution in [0.4, 0.5) is 17.5 Å². The fourth-order valence-corrected chi connectivity index (χ4v) is 4.07. The van der Waals surface area contributed by atoms with Gasteiger partial charge < -0.3 is 20.4 Å².